The molecule has 2 aromatic rings. The molecule has 0 aliphatic rings. The van der Waals surface area contributed by atoms with Gasteiger partial charge in [-0.05, 0) is 31.5 Å². The summed E-state index contributed by atoms with van der Waals surface area (Å²) in [7, 11) is 0. The topological polar surface area (TPSA) is 30.9 Å². The third-order valence-electron chi connectivity index (χ3n) is 3.04. The van der Waals surface area contributed by atoms with Crippen molar-refractivity contribution >= 4 is 10.9 Å². The van der Waals surface area contributed by atoms with E-state index in [0.717, 1.165) is 11.6 Å². The predicted molar refractivity (Wildman–Crippen MR) is 65.4 cm³/mol. The molecule has 5 heteroatoms. The minimum Gasteiger partial charge on any atom is -0.347 e. The molecule has 0 amide bonds. The van der Waals surface area contributed by atoms with Crippen molar-refractivity contribution < 1.29 is 13.2 Å². The third-order valence-corrected chi connectivity index (χ3v) is 3.04. The van der Waals surface area contributed by atoms with Gasteiger partial charge < -0.3 is 10.3 Å². The Balaban J connectivity index is 2.75. The van der Waals surface area contributed by atoms with Gasteiger partial charge in [0.05, 0.1) is 11.1 Å². The van der Waals surface area contributed by atoms with Gasteiger partial charge in [0, 0.05) is 18.1 Å². The van der Waals surface area contributed by atoms with Crippen molar-refractivity contribution in [3.63, 3.8) is 0 Å². The van der Waals surface area contributed by atoms with Crippen LogP contribution in [0.2, 0.25) is 0 Å². The average Bonchev–Trinajstić information content (AvgIpc) is 2.67. The molecule has 0 unspecified atom stereocenters. The molecular formula is C13H15F3N2. The average molecular weight is 256 g/mol. The molecule has 98 valence electrons. The van der Waals surface area contributed by atoms with E-state index in [1.165, 1.54) is 6.07 Å². The van der Waals surface area contributed by atoms with Gasteiger partial charge >= 0.3 is 6.18 Å². The quantitative estimate of drug-likeness (QED) is 0.898. The first kappa shape index (κ1) is 13.0. The lowest BCUT2D eigenvalue weighted by atomic mass is 10.1. The predicted octanol–water partition coefficient (Wildman–Crippen LogP) is 3.18. The number of hydrogen-bond donors (Lipinski definition) is 1. The maximum Gasteiger partial charge on any atom is 0.418 e. The molecule has 0 bridgehead atoms. The number of rotatable bonds is 3. The van der Waals surface area contributed by atoms with E-state index in [-0.39, 0.29) is 5.52 Å². The molecule has 0 radical (unpaired) electrons. The van der Waals surface area contributed by atoms with Crippen molar-refractivity contribution in [3.05, 3.63) is 35.5 Å². The van der Waals surface area contributed by atoms with Gasteiger partial charge in [0.15, 0.2) is 0 Å². The fraction of sp³-hybridized carbons (Fsp3) is 0.385. The van der Waals surface area contributed by atoms with E-state index in [4.69, 9.17) is 5.73 Å². The molecule has 0 spiro atoms. The molecule has 1 heterocycles. The molecule has 18 heavy (non-hydrogen) atoms. The van der Waals surface area contributed by atoms with Crippen LogP contribution in [0.25, 0.3) is 10.9 Å². The smallest absolute Gasteiger partial charge is 0.347 e. The first-order valence-corrected chi connectivity index (χ1v) is 5.87. The van der Waals surface area contributed by atoms with E-state index < -0.39 is 11.7 Å². The lowest BCUT2D eigenvalue weighted by molar-refractivity contribution is -0.136. The van der Waals surface area contributed by atoms with Crippen LogP contribution in [-0.4, -0.2) is 11.1 Å². The molecule has 1 aromatic heterocycles. The molecule has 0 saturated carbocycles. The Morgan fingerprint density at radius 2 is 2.00 bits per heavy atom. The summed E-state index contributed by atoms with van der Waals surface area (Å²) in [5, 5.41) is 0.650. The highest BCUT2D eigenvalue weighted by Crippen LogP contribution is 2.36. The normalized spacial score (nSPS) is 12.3. The van der Waals surface area contributed by atoms with Crippen molar-refractivity contribution in [1.82, 2.24) is 4.57 Å². The van der Waals surface area contributed by atoms with E-state index in [0.29, 0.717) is 24.9 Å². The largest absolute Gasteiger partial charge is 0.418 e. The minimum absolute atomic E-state index is 0.260. The minimum atomic E-state index is -4.33. The van der Waals surface area contributed by atoms with Crippen LogP contribution in [0.5, 0.6) is 0 Å². The fourth-order valence-corrected chi connectivity index (χ4v) is 2.27. The molecule has 0 aliphatic heterocycles. The number of halogens is 3. The number of alkyl halides is 3. The fourth-order valence-electron chi connectivity index (χ4n) is 2.27. The first-order chi connectivity index (χ1) is 8.49. The van der Waals surface area contributed by atoms with Crippen LogP contribution in [0.3, 0.4) is 0 Å². The standard InChI is InChI=1S/C13H15F3N2/c1-2-18-8-9(6-7-17)10-4-3-5-11(12(10)18)13(14,15)16/h3-5,8H,2,6-7,17H2,1H3. The van der Waals surface area contributed by atoms with E-state index in [1.807, 2.05) is 6.92 Å². The number of aromatic nitrogens is 1. The number of nitrogens with two attached hydrogens (primary N) is 1. The monoisotopic (exact) mass is 256 g/mol. The number of para-hydroxylation sites is 1. The van der Waals surface area contributed by atoms with Gasteiger partial charge in [-0.1, -0.05) is 12.1 Å². The van der Waals surface area contributed by atoms with Crippen LogP contribution in [0.15, 0.2) is 24.4 Å². The zero-order valence-electron chi connectivity index (χ0n) is 10.1. The Hall–Kier alpha value is -1.49. The van der Waals surface area contributed by atoms with Crippen LogP contribution < -0.4 is 5.73 Å². The maximum atomic E-state index is 13.0. The van der Waals surface area contributed by atoms with Gasteiger partial charge in [0.25, 0.3) is 0 Å². The van der Waals surface area contributed by atoms with E-state index >= 15 is 0 Å². The van der Waals surface area contributed by atoms with Crippen LogP contribution in [0.1, 0.15) is 18.1 Å². The van der Waals surface area contributed by atoms with Crippen molar-refractivity contribution in [2.24, 2.45) is 5.73 Å². The van der Waals surface area contributed by atoms with Gasteiger partial charge in [-0.2, -0.15) is 13.2 Å². The number of hydrogen-bond acceptors (Lipinski definition) is 1. The summed E-state index contributed by atoms with van der Waals surface area (Å²) >= 11 is 0. The van der Waals surface area contributed by atoms with E-state index in [1.54, 1.807) is 16.8 Å². The van der Waals surface area contributed by atoms with Gasteiger partial charge in [-0.25, -0.2) is 0 Å². The molecule has 0 saturated heterocycles. The Kier molecular flexibility index (Phi) is 3.34. The summed E-state index contributed by atoms with van der Waals surface area (Å²) in [6.45, 7) is 2.77. The molecule has 0 atom stereocenters. The summed E-state index contributed by atoms with van der Waals surface area (Å²) in [6, 6.07) is 4.30. The highest BCUT2D eigenvalue weighted by Gasteiger charge is 2.34. The number of aryl methyl sites for hydroxylation is 1. The van der Waals surface area contributed by atoms with Crippen molar-refractivity contribution in [3.8, 4) is 0 Å². The summed E-state index contributed by atoms with van der Waals surface area (Å²) in [5.74, 6) is 0. The van der Waals surface area contributed by atoms with E-state index in [2.05, 4.69) is 0 Å². The van der Waals surface area contributed by atoms with Crippen molar-refractivity contribution in [2.45, 2.75) is 26.1 Å². The molecule has 1 aromatic carbocycles. The SMILES string of the molecule is CCn1cc(CCN)c2cccc(C(F)(F)F)c21. The Bertz CT molecular complexity index is 555. The number of benzene rings is 1. The Morgan fingerprint density at radius 3 is 2.56 bits per heavy atom. The van der Waals surface area contributed by atoms with Crippen LogP contribution in [0.4, 0.5) is 13.2 Å². The van der Waals surface area contributed by atoms with Gasteiger partial charge in [0.2, 0.25) is 0 Å². The maximum absolute atomic E-state index is 13.0. The lowest BCUT2D eigenvalue weighted by Gasteiger charge is -2.11. The van der Waals surface area contributed by atoms with Crippen molar-refractivity contribution in [1.29, 1.82) is 0 Å². The van der Waals surface area contributed by atoms with E-state index in [9.17, 15) is 13.2 Å². The summed E-state index contributed by atoms with van der Waals surface area (Å²) in [5.41, 5.74) is 6.05. The Labute approximate surface area is 103 Å². The second kappa shape index (κ2) is 4.65. The summed E-state index contributed by atoms with van der Waals surface area (Å²) in [6.07, 6.45) is -1.97. The first-order valence-electron chi connectivity index (χ1n) is 5.87. The highest BCUT2D eigenvalue weighted by atomic mass is 19.4. The van der Waals surface area contributed by atoms with Crippen LogP contribution in [0, 0.1) is 0 Å². The van der Waals surface area contributed by atoms with Gasteiger partial charge in [-0.3, -0.25) is 0 Å². The van der Waals surface area contributed by atoms with Crippen molar-refractivity contribution in [2.75, 3.05) is 6.54 Å². The molecule has 2 nitrogen and oxygen atoms in total. The van der Waals surface area contributed by atoms with Gasteiger partial charge in [0.1, 0.15) is 0 Å². The Morgan fingerprint density at radius 1 is 1.28 bits per heavy atom. The molecular weight excluding hydrogens is 241 g/mol. The second-order valence-corrected chi connectivity index (χ2v) is 4.18. The summed E-state index contributed by atoms with van der Waals surface area (Å²) < 4.78 is 40.6. The molecule has 2 rings (SSSR count). The van der Waals surface area contributed by atoms with Crippen LogP contribution >= 0.6 is 0 Å². The second-order valence-electron chi connectivity index (χ2n) is 4.18. The number of fused-ring (bicyclic) bond motifs is 1. The molecule has 2 N–H and O–H groups in total. The lowest BCUT2D eigenvalue weighted by Crippen LogP contribution is -2.08. The molecule has 0 fully saturated rings. The third kappa shape index (κ3) is 2.10. The van der Waals surface area contributed by atoms with Gasteiger partial charge in [-0.15, -0.1) is 0 Å². The van der Waals surface area contributed by atoms with Crippen LogP contribution in [-0.2, 0) is 19.1 Å². The zero-order chi connectivity index (χ0) is 13.3. The molecule has 0 aliphatic carbocycles. The highest BCUT2D eigenvalue weighted by molar-refractivity contribution is 5.87. The number of nitrogens with zero attached hydrogens (tertiary/aromatic N) is 1. The summed E-state index contributed by atoms with van der Waals surface area (Å²) in [4.78, 5) is 0. The zero-order valence-corrected chi connectivity index (χ0v) is 10.1.